The van der Waals surface area contributed by atoms with Crippen LogP contribution in [-0.4, -0.2) is 42.0 Å². The second kappa shape index (κ2) is 5.57. The molecule has 2 saturated heterocycles. The Labute approximate surface area is 129 Å². The van der Waals surface area contributed by atoms with Gasteiger partial charge in [-0.25, -0.2) is 4.79 Å². The predicted octanol–water partition coefficient (Wildman–Crippen LogP) is 1.40. The summed E-state index contributed by atoms with van der Waals surface area (Å²) in [4.78, 5) is 37.8. The first-order valence-electron chi connectivity index (χ1n) is 6.59. The molecule has 0 aromatic heterocycles. The van der Waals surface area contributed by atoms with Crippen molar-refractivity contribution in [2.45, 2.75) is 18.4 Å². The van der Waals surface area contributed by atoms with E-state index in [0.29, 0.717) is 25.2 Å². The highest BCUT2D eigenvalue weighted by molar-refractivity contribution is 9.10. The molecule has 6 nitrogen and oxygen atoms in total. The average Bonchev–Trinajstić information content (AvgIpc) is 2.92. The van der Waals surface area contributed by atoms with Gasteiger partial charge >= 0.3 is 6.03 Å². The first-order valence-corrected chi connectivity index (χ1v) is 7.38. The van der Waals surface area contributed by atoms with Gasteiger partial charge in [-0.05, 0) is 24.1 Å². The Hall–Kier alpha value is -1.73. The Morgan fingerprint density at radius 3 is 2.76 bits per heavy atom. The van der Waals surface area contributed by atoms with Crippen LogP contribution in [0.25, 0.3) is 0 Å². The lowest BCUT2D eigenvalue weighted by Crippen LogP contribution is -2.60. The van der Waals surface area contributed by atoms with Crippen molar-refractivity contribution in [2.75, 3.05) is 13.2 Å². The van der Waals surface area contributed by atoms with E-state index in [4.69, 9.17) is 4.74 Å². The van der Waals surface area contributed by atoms with Crippen molar-refractivity contribution in [3.05, 3.63) is 34.3 Å². The number of hydrogen-bond donors (Lipinski definition) is 1. The number of halogens is 1. The molecule has 7 heteroatoms. The van der Waals surface area contributed by atoms with E-state index in [1.165, 1.54) is 0 Å². The van der Waals surface area contributed by atoms with Crippen LogP contribution in [0.1, 0.15) is 17.9 Å². The minimum Gasteiger partial charge on any atom is -0.379 e. The minimum atomic E-state index is -0.999. The molecule has 0 bridgehead atoms. The van der Waals surface area contributed by atoms with Gasteiger partial charge in [-0.3, -0.25) is 19.8 Å². The lowest BCUT2D eigenvalue weighted by Gasteiger charge is -2.33. The molecule has 2 fully saturated rings. The van der Waals surface area contributed by atoms with Gasteiger partial charge in [-0.1, -0.05) is 28.1 Å². The van der Waals surface area contributed by atoms with Crippen LogP contribution in [0.3, 0.4) is 0 Å². The fourth-order valence-electron chi connectivity index (χ4n) is 2.64. The number of ether oxygens (including phenoxy) is 1. The highest BCUT2D eigenvalue weighted by Gasteiger charge is 2.45. The van der Waals surface area contributed by atoms with Crippen molar-refractivity contribution in [1.29, 1.82) is 0 Å². The van der Waals surface area contributed by atoms with Crippen molar-refractivity contribution in [1.82, 2.24) is 10.2 Å². The Morgan fingerprint density at radius 2 is 2.10 bits per heavy atom. The van der Waals surface area contributed by atoms with Gasteiger partial charge in [-0.15, -0.1) is 0 Å². The summed E-state index contributed by atoms with van der Waals surface area (Å²) in [6.45, 7) is 0.829. The maximum absolute atomic E-state index is 12.6. The molecule has 2 heterocycles. The summed E-state index contributed by atoms with van der Waals surface area (Å²) in [6, 6.07) is 6.00. The van der Waals surface area contributed by atoms with Crippen LogP contribution in [-0.2, 0) is 14.3 Å². The molecule has 2 aliphatic rings. The SMILES string of the molecule is O=C1NC(=O)N(C2CCOC2)C(=O)C1c1cccc(Br)c1. The number of benzene rings is 1. The molecule has 3 rings (SSSR count). The number of nitrogens with one attached hydrogen (secondary N) is 1. The van der Waals surface area contributed by atoms with Crippen LogP contribution in [0.15, 0.2) is 28.7 Å². The monoisotopic (exact) mass is 352 g/mol. The maximum atomic E-state index is 12.6. The Balaban J connectivity index is 1.94. The summed E-state index contributed by atoms with van der Waals surface area (Å²) in [5.41, 5.74) is 0.559. The molecule has 0 saturated carbocycles. The van der Waals surface area contributed by atoms with Crippen LogP contribution >= 0.6 is 15.9 Å². The third kappa shape index (κ3) is 2.58. The number of urea groups is 1. The van der Waals surface area contributed by atoms with Gasteiger partial charge in [0.05, 0.1) is 12.6 Å². The van der Waals surface area contributed by atoms with E-state index >= 15 is 0 Å². The molecule has 0 radical (unpaired) electrons. The summed E-state index contributed by atoms with van der Waals surface area (Å²) in [5, 5.41) is 2.26. The zero-order chi connectivity index (χ0) is 15.0. The largest absolute Gasteiger partial charge is 0.379 e. The molecule has 1 aromatic rings. The fraction of sp³-hybridized carbons (Fsp3) is 0.357. The van der Waals surface area contributed by atoms with Crippen molar-refractivity contribution >= 4 is 33.8 Å². The smallest absolute Gasteiger partial charge is 0.331 e. The van der Waals surface area contributed by atoms with Gasteiger partial charge in [0.1, 0.15) is 5.92 Å². The lowest BCUT2D eigenvalue weighted by atomic mass is 9.94. The second-order valence-corrected chi connectivity index (χ2v) is 5.92. The summed E-state index contributed by atoms with van der Waals surface area (Å²) < 4.78 is 6.00. The van der Waals surface area contributed by atoms with E-state index in [9.17, 15) is 14.4 Å². The standard InChI is InChI=1S/C14H13BrN2O4/c15-9-3-1-2-8(6-9)11-12(18)16-14(20)17(13(11)19)10-4-5-21-7-10/h1-3,6,10-11H,4-5,7H2,(H,16,18,20). The van der Waals surface area contributed by atoms with Crippen molar-refractivity contribution in [3.63, 3.8) is 0 Å². The van der Waals surface area contributed by atoms with Gasteiger partial charge in [-0.2, -0.15) is 0 Å². The molecule has 2 aliphatic heterocycles. The maximum Gasteiger partial charge on any atom is 0.331 e. The summed E-state index contributed by atoms with van der Waals surface area (Å²) >= 11 is 3.32. The molecule has 4 amide bonds. The highest BCUT2D eigenvalue weighted by Crippen LogP contribution is 2.27. The first-order chi connectivity index (χ1) is 10.1. The van der Waals surface area contributed by atoms with E-state index in [1.807, 2.05) is 6.07 Å². The summed E-state index contributed by atoms with van der Waals surface area (Å²) in [6.07, 6.45) is 0.596. The molecule has 2 unspecified atom stereocenters. The summed E-state index contributed by atoms with van der Waals surface area (Å²) in [7, 11) is 0. The van der Waals surface area contributed by atoms with E-state index in [2.05, 4.69) is 21.2 Å². The predicted molar refractivity (Wildman–Crippen MR) is 76.5 cm³/mol. The number of carbonyl (C=O) groups is 3. The van der Waals surface area contributed by atoms with E-state index in [-0.39, 0.29) is 6.04 Å². The van der Waals surface area contributed by atoms with Crippen LogP contribution in [0.5, 0.6) is 0 Å². The second-order valence-electron chi connectivity index (χ2n) is 5.01. The minimum absolute atomic E-state index is 0.305. The van der Waals surface area contributed by atoms with Crippen LogP contribution < -0.4 is 5.32 Å². The number of nitrogens with zero attached hydrogens (tertiary/aromatic N) is 1. The summed E-state index contributed by atoms with van der Waals surface area (Å²) in [5.74, 6) is -2.07. The Morgan fingerprint density at radius 1 is 1.29 bits per heavy atom. The molecule has 0 spiro atoms. The first kappa shape index (κ1) is 14.2. The molecule has 110 valence electrons. The number of imide groups is 2. The highest BCUT2D eigenvalue weighted by atomic mass is 79.9. The number of amides is 4. The van der Waals surface area contributed by atoms with E-state index < -0.39 is 23.8 Å². The topological polar surface area (TPSA) is 75.7 Å². The zero-order valence-electron chi connectivity index (χ0n) is 11.0. The quantitative estimate of drug-likeness (QED) is 0.816. The number of rotatable bonds is 2. The Kier molecular flexibility index (Phi) is 3.77. The molecular weight excluding hydrogens is 340 g/mol. The number of carbonyl (C=O) groups excluding carboxylic acids is 3. The molecule has 21 heavy (non-hydrogen) atoms. The lowest BCUT2D eigenvalue weighted by molar-refractivity contribution is -0.140. The molecule has 1 N–H and O–H groups in total. The number of barbiturate groups is 1. The van der Waals surface area contributed by atoms with Gasteiger partial charge in [0.15, 0.2) is 0 Å². The van der Waals surface area contributed by atoms with Gasteiger partial charge < -0.3 is 4.74 Å². The normalized spacial score (nSPS) is 26.1. The molecule has 2 atom stereocenters. The third-order valence-electron chi connectivity index (χ3n) is 3.65. The average molecular weight is 353 g/mol. The van der Waals surface area contributed by atoms with Gasteiger partial charge in [0.2, 0.25) is 11.8 Å². The van der Waals surface area contributed by atoms with Gasteiger partial charge in [0.25, 0.3) is 0 Å². The molecular formula is C14H13BrN2O4. The zero-order valence-corrected chi connectivity index (χ0v) is 12.6. The molecule has 0 aliphatic carbocycles. The van der Waals surface area contributed by atoms with Crippen LogP contribution in [0, 0.1) is 0 Å². The number of hydrogen-bond acceptors (Lipinski definition) is 4. The van der Waals surface area contributed by atoms with Crippen molar-refractivity contribution in [2.24, 2.45) is 0 Å². The van der Waals surface area contributed by atoms with Crippen molar-refractivity contribution in [3.8, 4) is 0 Å². The fourth-order valence-corrected chi connectivity index (χ4v) is 3.06. The Bertz CT molecular complexity index is 613. The molecule has 1 aromatic carbocycles. The third-order valence-corrected chi connectivity index (χ3v) is 4.14. The van der Waals surface area contributed by atoms with E-state index in [1.54, 1.807) is 18.2 Å². The van der Waals surface area contributed by atoms with Crippen LogP contribution in [0.4, 0.5) is 4.79 Å². The van der Waals surface area contributed by atoms with Crippen LogP contribution in [0.2, 0.25) is 0 Å². The van der Waals surface area contributed by atoms with Crippen molar-refractivity contribution < 1.29 is 19.1 Å². The van der Waals surface area contributed by atoms with Gasteiger partial charge in [0, 0.05) is 11.1 Å². The van der Waals surface area contributed by atoms with E-state index in [0.717, 1.165) is 9.37 Å².